The van der Waals surface area contributed by atoms with Gasteiger partial charge in [-0.25, -0.2) is 4.98 Å². The number of hydrogen-bond donors (Lipinski definition) is 1. The predicted molar refractivity (Wildman–Crippen MR) is 84.5 cm³/mol. The van der Waals surface area contributed by atoms with Gasteiger partial charge in [0, 0.05) is 17.5 Å². The Bertz CT molecular complexity index is 775. The fourth-order valence-electron chi connectivity index (χ4n) is 2.66. The van der Waals surface area contributed by atoms with Gasteiger partial charge in [0.25, 0.3) is 0 Å². The molecule has 0 amide bonds. The number of pyridine rings is 1. The molecule has 0 saturated carbocycles. The molecule has 3 aromatic rings. The summed E-state index contributed by atoms with van der Waals surface area (Å²) < 4.78 is 0. The van der Waals surface area contributed by atoms with E-state index in [0.29, 0.717) is 6.54 Å². The van der Waals surface area contributed by atoms with E-state index in [4.69, 9.17) is 10.7 Å². The number of benzene rings is 2. The minimum Gasteiger partial charge on any atom is -0.326 e. The van der Waals surface area contributed by atoms with Gasteiger partial charge in [-0.3, -0.25) is 0 Å². The molecule has 0 saturated heterocycles. The first kappa shape index (κ1) is 12.8. The van der Waals surface area contributed by atoms with Gasteiger partial charge in [-0.1, -0.05) is 42.0 Å². The van der Waals surface area contributed by atoms with Crippen molar-refractivity contribution in [2.24, 2.45) is 5.73 Å². The molecule has 2 N–H and O–H groups in total. The number of fused-ring (bicyclic) bond motifs is 1. The standard InChI is InChI=1S/C18H18N2/c1-12-7-8-15(13(2)9-12)18-10-14(11-19)16-5-3-4-6-17(16)20-18/h3-10H,11,19H2,1-2H3. The predicted octanol–water partition coefficient (Wildman–Crippen LogP) is 3.98. The van der Waals surface area contributed by atoms with E-state index >= 15 is 0 Å². The van der Waals surface area contributed by atoms with E-state index in [9.17, 15) is 0 Å². The fraction of sp³-hybridized carbons (Fsp3) is 0.167. The van der Waals surface area contributed by atoms with Crippen LogP contribution < -0.4 is 5.73 Å². The van der Waals surface area contributed by atoms with Crippen LogP contribution in [0.1, 0.15) is 16.7 Å². The molecular formula is C18H18N2. The maximum atomic E-state index is 5.90. The molecule has 1 heterocycles. The van der Waals surface area contributed by atoms with Crippen molar-refractivity contribution in [2.75, 3.05) is 0 Å². The Morgan fingerprint density at radius 1 is 1.00 bits per heavy atom. The zero-order chi connectivity index (χ0) is 14.1. The molecule has 0 unspecified atom stereocenters. The van der Waals surface area contributed by atoms with Crippen molar-refractivity contribution in [1.29, 1.82) is 0 Å². The third kappa shape index (κ3) is 2.19. The molecular weight excluding hydrogens is 244 g/mol. The van der Waals surface area contributed by atoms with E-state index in [2.05, 4.69) is 44.2 Å². The molecule has 2 nitrogen and oxygen atoms in total. The highest BCUT2D eigenvalue weighted by atomic mass is 14.7. The van der Waals surface area contributed by atoms with Crippen molar-refractivity contribution in [3.05, 3.63) is 65.2 Å². The number of hydrogen-bond acceptors (Lipinski definition) is 2. The van der Waals surface area contributed by atoms with Crippen LogP contribution in [0.3, 0.4) is 0 Å². The summed E-state index contributed by atoms with van der Waals surface area (Å²) in [7, 11) is 0. The first-order chi connectivity index (χ1) is 9.69. The average Bonchev–Trinajstić information content (AvgIpc) is 2.46. The molecule has 1 aromatic heterocycles. The summed E-state index contributed by atoms with van der Waals surface area (Å²) in [6.45, 7) is 4.76. The fourth-order valence-corrected chi connectivity index (χ4v) is 2.66. The Kier molecular flexibility index (Phi) is 3.25. The topological polar surface area (TPSA) is 38.9 Å². The molecule has 100 valence electrons. The number of para-hydroxylation sites is 1. The molecule has 0 aliphatic carbocycles. The number of nitrogens with two attached hydrogens (primary N) is 1. The van der Waals surface area contributed by atoms with Gasteiger partial charge in [-0.2, -0.15) is 0 Å². The first-order valence-electron chi connectivity index (χ1n) is 6.85. The number of rotatable bonds is 2. The van der Waals surface area contributed by atoms with Gasteiger partial charge >= 0.3 is 0 Å². The quantitative estimate of drug-likeness (QED) is 0.758. The zero-order valence-corrected chi connectivity index (χ0v) is 11.9. The van der Waals surface area contributed by atoms with Gasteiger partial charge in [0.05, 0.1) is 11.2 Å². The molecule has 0 fully saturated rings. The number of aryl methyl sites for hydroxylation is 2. The summed E-state index contributed by atoms with van der Waals surface area (Å²) in [6, 6.07) is 16.7. The molecule has 0 radical (unpaired) electrons. The summed E-state index contributed by atoms with van der Waals surface area (Å²) in [5, 5.41) is 1.14. The SMILES string of the molecule is Cc1ccc(-c2cc(CN)c3ccccc3n2)c(C)c1. The van der Waals surface area contributed by atoms with Crippen molar-refractivity contribution in [1.82, 2.24) is 4.98 Å². The van der Waals surface area contributed by atoms with Gasteiger partial charge < -0.3 is 5.73 Å². The van der Waals surface area contributed by atoms with Crippen LogP contribution in [0.15, 0.2) is 48.5 Å². The summed E-state index contributed by atoms with van der Waals surface area (Å²) in [5.74, 6) is 0. The van der Waals surface area contributed by atoms with E-state index in [0.717, 1.165) is 22.2 Å². The van der Waals surface area contributed by atoms with Crippen LogP contribution in [0.2, 0.25) is 0 Å². The highest BCUT2D eigenvalue weighted by Gasteiger charge is 2.08. The largest absolute Gasteiger partial charge is 0.326 e. The summed E-state index contributed by atoms with van der Waals surface area (Å²) in [6.07, 6.45) is 0. The minimum absolute atomic E-state index is 0.529. The smallest absolute Gasteiger partial charge is 0.0715 e. The van der Waals surface area contributed by atoms with Crippen LogP contribution in [-0.4, -0.2) is 4.98 Å². The first-order valence-corrected chi connectivity index (χ1v) is 6.85. The molecule has 0 aliphatic heterocycles. The zero-order valence-electron chi connectivity index (χ0n) is 11.9. The third-order valence-corrected chi connectivity index (χ3v) is 3.68. The Labute approximate surface area is 119 Å². The van der Waals surface area contributed by atoms with Crippen molar-refractivity contribution < 1.29 is 0 Å². The lowest BCUT2D eigenvalue weighted by molar-refractivity contribution is 1.08. The minimum atomic E-state index is 0.529. The maximum absolute atomic E-state index is 5.90. The lowest BCUT2D eigenvalue weighted by atomic mass is 9.99. The lowest BCUT2D eigenvalue weighted by Gasteiger charge is -2.10. The molecule has 0 spiro atoms. The van der Waals surface area contributed by atoms with Gasteiger partial charge in [0.1, 0.15) is 0 Å². The maximum Gasteiger partial charge on any atom is 0.0715 e. The van der Waals surface area contributed by atoms with E-state index in [1.54, 1.807) is 0 Å². The molecule has 2 aromatic carbocycles. The molecule has 0 atom stereocenters. The Balaban J connectivity index is 2.26. The third-order valence-electron chi connectivity index (χ3n) is 3.68. The van der Waals surface area contributed by atoms with Gasteiger partial charge in [-0.05, 0) is 37.1 Å². The summed E-state index contributed by atoms with van der Waals surface area (Å²) >= 11 is 0. The van der Waals surface area contributed by atoms with Crippen LogP contribution in [0.4, 0.5) is 0 Å². The van der Waals surface area contributed by atoms with Crippen molar-refractivity contribution in [3.8, 4) is 11.3 Å². The average molecular weight is 262 g/mol. The van der Waals surface area contributed by atoms with Crippen LogP contribution in [0.5, 0.6) is 0 Å². The van der Waals surface area contributed by atoms with Gasteiger partial charge in [0.15, 0.2) is 0 Å². The van der Waals surface area contributed by atoms with Gasteiger partial charge in [-0.15, -0.1) is 0 Å². The van der Waals surface area contributed by atoms with E-state index in [1.165, 1.54) is 16.7 Å². The van der Waals surface area contributed by atoms with Gasteiger partial charge in [0.2, 0.25) is 0 Å². The van der Waals surface area contributed by atoms with Crippen LogP contribution in [0, 0.1) is 13.8 Å². The van der Waals surface area contributed by atoms with Crippen LogP contribution >= 0.6 is 0 Å². The van der Waals surface area contributed by atoms with Crippen LogP contribution in [0.25, 0.3) is 22.2 Å². The summed E-state index contributed by atoms with van der Waals surface area (Å²) in [4.78, 5) is 4.79. The lowest BCUT2D eigenvalue weighted by Crippen LogP contribution is -2.00. The molecule has 0 aliphatic rings. The van der Waals surface area contributed by atoms with E-state index < -0.39 is 0 Å². The second kappa shape index (κ2) is 5.06. The highest BCUT2D eigenvalue weighted by molar-refractivity contribution is 5.85. The Hall–Kier alpha value is -2.19. The van der Waals surface area contributed by atoms with Crippen molar-refractivity contribution >= 4 is 10.9 Å². The molecule has 0 bridgehead atoms. The second-order valence-electron chi connectivity index (χ2n) is 5.21. The Morgan fingerprint density at radius 3 is 2.55 bits per heavy atom. The number of aromatic nitrogens is 1. The number of nitrogens with zero attached hydrogens (tertiary/aromatic N) is 1. The van der Waals surface area contributed by atoms with Crippen LogP contribution in [-0.2, 0) is 6.54 Å². The van der Waals surface area contributed by atoms with E-state index in [-0.39, 0.29) is 0 Å². The van der Waals surface area contributed by atoms with E-state index in [1.807, 2.05) is 18.2 Å². The second-order valence-corrected chi connectivity index (χ2v) is 5.21. The van der Waals surface area contributed by atoms with Crippen molar-refractivity contribution in [3.63, 3.8) is 0 Å². The Morgan fingerprint density at radius 2 is 1.80 bits per heavy atom. The molecule has 3 rings (SSSR count). The monoisotopic (exact) mass is 262 g/mol. The molecule has 2 heteroatoms. The summed E-state index contributed by atoms with van der Waals surface area (Å²) in [5.41, 5.74) is 12.7. The highest BCUT2D eigenvalue weighted by Crippen LogP contribution is 2.27. The normalized spacial score (nSPS) is 10.9. The van der Waals surface area contributed by atoms with Crippen molar-refractivity contribution in [2.45, 2.75) is 20.4 Å². The molecule has 20 heavy (non-hydrogen) atoms.